The number of hydrogen-bond acceptors (Lipinski definition) is 3. The number of benzene rings is 2. The molecule has 1 amide bonds. The van der Waals surface area contributed by atoms with E-state index in [2.05, 4.69) is 35.0 Å². The molecule has 3 N–H and O–H groups in total. The largest absolute Gasteiger partial charge is 0.379 e. The third-order valence-corrected chi connectivity index (χ3v) is 4.27. The predicted octanol–water partition coefficient (Wildman–Crippen LogP) is 4.22. The molecule has 0 heterocycles. The summed E-state index contributed by atoms with van der Waals surface area (Å²) in [5.74, 6) is 0.795. The van der Waals surface area contributed by atoms with Crippen molar-refractivity contribution in [1.29, 1.82) is 0 Å². The quantitative estimate of drug-likeness (QED) is 0.661. The first-order chi connectivity index (χ1) is 11.7. The third-order valence-electron chi connectivity index (χ3n) is 4.27. The minimum absolute atomic E-state index is 0. The Morgan fingerprint density at radius 3 is 2.32 bits per heavy atom. The van der Waals surface area contributed by atoms with Gasteiger partial charge in [0.1, 0.15) is 0 Å². The second kappa shape index (κ2) is 9.44. The molecule has 3 rings (SSSR count). The first-order valence-corrected chi connectivity index (χ1v) is 8.63. The standard InChI is InChI=1S/C20H25N3O.ClH/c1-15(17-5-3-2-4-6-17)22-18-9-11-19(12-10-18)23-20(24)14-21-13-16-7-8-16;/h2-6,9-12,15-16,21-22H,7-8,13-14H2,1H3,(H,23,24);1H. The van der Waals surface area contributed by atoms with Crippen LogP contribution in [0, 0.1) is 5.92 Å². The zero-order chi connectivity index (χ0) is 16.8. The highest BCUT2D eigenvalue weighted by atomic mass is 35.5. The first kappa shape index (κ1) is 19.3. The summed E-state index contributed by atoms with van der Waals surface area (Å²) in [7, 11) is 0. The summed E-state index contributed by atoms with van der Waals surface area (Å²) in [5, 5.41) is 9.59. The summed E-state index contributed by atoms with van der Waals surface area (Å²) in [6.45, 7) is 3.46. The SMILES string of the molecule is CC(Nc1ccc(NC(=O)CNCC2CC2)cc1)c1ccccc1.Cl. The van der Waals surface area contributed by atoms with Crippen molar-refractivity contribution >= 4 is 29.7 Å². The number of carbonyl (C=O) groups excluding carboxylic acids is 1. The summed E-state index contributed by atoms with van der Waals surface area (Å²) in [4.78, 5) is 11.9. The smallest absolute Gasteiger partial charge is 0.238 e. The maximum atomic E-state index is 11.9. The van der Waals surface area contributed by atoms with Crippen LogP contribution < -0.4 is 16.0 Å². The van der Waals surface area contributed by atoms with E-state index >= 15 is 0 Å². The van der Waals surface area contributed by atoms with Gasteiger partial charge in [-0.2, -0.15) is 0 Å². The molecule has 1 saturated carbocycles. The molecule has 1 aliphatic carbocycles. The van der Waals surface area contributed by atoms with Crippen molar-refractivity contribution in [3.05, 3.63) is 60.2 Å². The van der Waals surface area contributed by atoms with E-state index < -0.39 is 0 Å². The van der Waals surface area contributed by atoms with E-state index in [1.807, 2.05) is 42.5 Å². The van der Waals surface area contributed by atoms with E-state index in [4.69, 9.17) is 0 Å². The van der Waals surface area contributed by atoms with Crippen molar-refractivity contribution in [1.82, 2.24) is 5.32 Å². The molecule has 134 valence electrons. The van der Waals surface area contributed by atoms with Crippen LogP contribution in [0.15, 0.2) is 54.6 Å². The Morgan fingerprint density at radius 2 is 1.68 bits per heavy atom. The highest BCUT2D eigenvalue weighted by molar-refractivity contribution is 5.92. The molecule has 1 aliphatic rings. The van der Waals surface area contributed by atoms with Crippen LogP contribution in [-0.4, -0.2) is 19.0 Å². The fourth-order valence-electron chi connectivity index (χ4n) is 2.64. The maximum absolute atomic E-state index is 11.9. The van der Waals surface area contributed by atoms with Crippen molar-refractivity contribution in [2.75, 3.05) is 23.7 Å². The molecule has 0 bridgehead atoms. The van der Waals surface area contributed by atoms with Gasteiger partial charge in [-0.15, -0.1) is 12.4 Å². The zero-order valence-corrected chi connectivity index (χ0v) is 15.3. The summed E-state index contributed by atoms with van der Waals surface area (Å²) in [6.07, 6.45) is 2.59. The summed E-state index contributed by atoms with van der Waals surface area (Å²) in [5.41, 5.74) is 3.11. The number of hydrogen-bond donors (Lipinski definition) is 3. The van der Waals surface area contributed by atoms with E-state index in [0.29, 0.717) is 6.54 Å². The molecule has 0 radical (unpaired) electrons. The molecule has 0 aromatic heterocycles. The van der Waals surface area contributed by atoms with Crippen LogP contribution in [0.4, 0.5) is 11.4 Å². The van der Waals surface area contributed by atoms with Gasteiger partial charge in [0.15, 0.2) is 0 Å². The molecular formula is C20H26ClN3O. The Bertz CT molecular complexity index is 656. The van der Waals surface area contributed by atoms with E-state index in [9.17, 15) is 4.79 Å². The van der Waals surface area contributed by atoms with Gasteiger partial charge in [0.25, 0.3) is 0 Å². The number of carbonyl (C=O) groups is 1. The molecule has 1 atom stereocenters. The van der Waals surface area contributed by atoms with Gasteiger partial charge in [0.05, 0.1) is 6.54 Å². The number of amides is 1. The molecule has 2 aromatic carbocycles. The first-order valence-electron chi connectivity index (χ1n) is 8.63. The van der Waals surface area contributed by atoms with Crippen LogP contribution in [0.1, 0.15) is 31.4 Å². The molecule has 1 unspecified atom stereocenters. The van der Waals surface area contributed by atoms with Gasteiger partial charge >= 0.3 is 0 Å². The molecule has 2 aromatic rings. The van der Waals surface area contributed by atoms with Gasteiger partial charge in [-0.05, 0) is 62.1 Å². The van der Waals surface area contributed by atoms with Crippen molar-refractivity contribution in [2.24, 2.45) is 5.92 Å². The van der Waals surface area contributed by atoms with E-state index in [0.717, 1.165) is 23.8 Å². The topological polar surface area (TPSA) is 53.2 Å². The van der Waals surface area contributed by atoms with Crippen LogP contribution in [0.2, 0.25) is 0 Å². The molecule has 0 saturated heterocycles. The van der Waals surface area contributed by atoms with Gasteiger partial charge < -0.3 is 16.0 Å². The molecule has 5 heteroatoms. The van der Waals surface area contributed by atoms with Gasteiger partial charge in [0, 0.05) is 17.4 Å². The Balaban J connectivity index is 0.00000225. The molecule has 0 spiro atoms. The monoisotopic (exact) mass is 359 g/mol. The van der Waals surface area contributed by atoms with Crippen molar-refractivity contribution < 1.29 is 4.79 Å². The van der Waals surface area contributed by atoms with Gasteiger partial charge in [-0.25, -0.2) is 0 Å². The fourth-order valence-corrected chi connectivity index (χ4v) is 2.64. The van der Waals surface area contributed by atoms with Crippen LogP contribution in [0.3, 0.4) is 0 Å². The average molecular weight is 360 g/mol. The zero-order valence-electron chi connectivity index (χ0n) is 14.5. The second-order valence-corrected chi connectivity index (χ2v) is 6.48. The molecular weight excluding hydrogens is 334 g/mol. The Morgan fingerprint density at radius 1 is 1.04 bits per heavy atom. The van der Waals surface area contributed by atoms with Gasteiger partial charge in [-0.3, -0.25) is 4.79 Å². The van der Waals surface area contributed by atoms with E-state index in [1.165, 1.54) is 18.4 Å². The maximum Gasteiger partial charge on any atom is 0.238 e. The Labute approximate surface area is 155 Å². The highest BCUT2D eigenvalue weighted by Gasteiger charge is 2.20. The van der Waals surface area contributed by atoms with Crippen molar-refractivity contribution in [3.8, 4) is 0 Å². The lowest BCUT2D eigenvalue weighted by Gasteiger charge is -2.16. The minimum atomic E-state index is 0. The number of rotatable bonds is 8. The van der Waals surface area contributed by atoms with E-state index in [1.54, 1.807) is 0 Å². The van der Waals surface area contributed by atoms with Gasteiger partial charge in [-0.1, -0.05) is 30.3 Å². The average Bonchev–Trinajstić information content (AvgIpc) is 3.42. The summed E-state index contributed by atoms with van der Waals surface area (Å²) in [6, 6.07) is 18.4. The normalized spacial score (nSPS) is 14.3. The van der Waals surface area contributed by atoms with Gasteiger partial charge in [0.2, 0.25) is 5.91 Å². The van der Waals surface area contributed by atoms with Crippen LogP contribution >= 0.6 is 12.4 Å². The van der Waals surface area contributed by atoms with Crippen molar-refractivity contribution in [2.45, 2.75) is 25.8 Å². The molecule has 0 aliphatic heterocycles. The second-order valence-electron chi connectivity index (χ2n) is 6.48. The fraction of sp³-hybridized carbons (Fsp3) is 0.350. The van der Waals surface area contributed by atoms with Crippen LogP contribution in [0.25, 0.3) is 0 Å². The van der Waals surface area contributed by atoms with E-state index in [-0.39, 0.29) is 24.4 Å². The van der Waals surface area contributed by atoms with Crippen LogP contribution in [-0.2, 0) is 4.79 Å². The lowest BCUT2D eigenvalue weighted by molar-refractivity contribution is -0.115. The molecule has 25 heavy (non-hydrogen) atoms. The molecule has 1 fully saturated rings. The minimum Gasteiger partial charge on any atom is -0.379 e. The van der Waals surface area contributed by atoms with Crippen LogP contribution in [0.5, 0.6) is 0 Å². The summed E-state index contributed by atoms with van der Waals surface area (Å²) >= 11 is 0. The lowest BCUT2D eigenvalue weighted by atomic mass is 10.1. The third kappa shape index (κ3) is 6.40. The molecule has 4 nitrogen and oxygen atoms in total. The van der Waals surface area contributed by atoms with Crippen molar-refractivity contribution in [3.63, 3.8) is 0 Å². The Hall–Kier alpha value is -2.04. The Kier molecular flexibility index (Phi) is 7.29. The highest BCUT2D eigenvalue weighted by Crippen LogP contribution is 2.27. The predicted molar refractivity (Wildman–Crippen MR) is 106 cm³/mol. The number of nitrogens with one attached hydrogen (secondary N) is 3. The lowest BCUT2D eigenvalue weighted by Crippen LogP contribution is -2.29. The number of anilines is 2. The number of halogens is 1. The summed E-state index contributed by atoms with van der Waals surface area (Å²) < 4.78 is 0.